The van der Waals surface area contributed by atoms with E-state index in [9.17, 15) is 14.4 Å². The Morgan fingerprint density at radius 1 is 0.909 bits per heavy atom. The van der Waals surface area contributed by atoms with E-state index in [-0.39, 0.29) is 18.8 Å². The molecule has 33 heavy (non-hydrogen) atoms. The average Bonchev–Trinajstić information content (AvgIpc) is 3.34. The zero-order valence-corrected chi connectivity index (χ0v) is 17.7. The number of benzene rings is 2. The molecule has 0 saturated carbocycles. The van der Waals surface area contributed by atoms with Gasteiger partial charge in [0.05, 0.1) is 12.8 Å². The number of rotatable bonds is 9. The van der Waals surface area contributed by atoms with Gasteiger partial charge in [0.15, 0.2) is 0 Å². The van der Waals surface area contributed by atoms with E-state index in [1.807, 2.05) is 12.1 Å². The molecular weight excluding hydrogens is 430 g/mol. The van der Waals surface area contributed by atoms with Crippen molar-refractivity contribution in [2.45, 2.75) is 18.9 Å². The number of amides is 4. The monoisotopic (exact) mass is 451 g/mol. The third kappa shape index (κ3) is 4.85. The number of aromatic nitrogens is 1. The highest BCUT2D eigenvalue weighted by atomic mass is 16.5. The number of hydrogen-bond donors (Lipinski definition) is 2. The molecule has 2 aromatic carbocycles. The molecule has 1 aromatic heterocycles. The minimum absolute atomic E-state index is 0.0685. The minimum atomic E-state index is -1.93. The molecule has 0 aliphatic carbocycles. The van der Waals surface area contributed by atoms with E-state index in [0.717, 1.165) is 5.56 Å². The van der Waals surface area contributed by atoms with Crippen LogP contribution in [-0.2, 0) is 14.3 Å². The molecule has 0 spiro atoms. The fraction of sp³-hybridized carbons (Fsp3) is 0.217. The van der Waals surface area contributed by atoms with Crippen molar-refractivity contribution in [3.05, 3.63) is 61.0 Å². The van der Waals surface area contributed by atoms with Crippen molar-refractivity contribution in [2.75, 3.05) is 13.2 Å². The number of oxazole rings is 1. The Balaban J connectivity index is 1.46. The third-order valence-electron chi connectivity index (χ3n) is 4.88. The van der Waals surface area contributed by atoms with Gasteiger partial charge in [-0.15, -0.1) is 0 Å². The Morgan fingerprint density at radius 3 is 2.09 bits per heavy atom. The molecule has 0 radical (unpaired) electrons. The molecule has 1 fully saturated rings. The molecule has 170 valence electrons. The van der Waals surface area contributed by atoms with Crippen LogP contribution in [0.25, 0.3) is 11.5 Å². The average molecular weight is 451 g/mol. The summed E-state index contributed by atoms with van der Waals surface area (Å²) < 4.78 is 22.2. The molecule has 10 heteroatoms. The second-order valence-corrected chi connectivity index (χ2v) is 7.05. The SMILES string of the molecule is CCOCCC1(Oc2ccc(Oc3ccc(-c4ncco4)cc3)cc2)C(=O)NC(=O)NC1=O. The fourth-order valence-corrected chi connectivity index (χ4v) is 3.22. The molecule has 4 rings (SSSR count). The van der Waals surface area contributed by atoms with Crippen molar-refractivity contribution in [3.63, 3.8) is 0 Å². The lowest BCUT2D eigenvalue weighted by Crippen LogP contribution is -2.69. The maximum atomic E-state index is 12.5. The largest absolute Gasteiger partial charge is 0.467 e. The van der Waals surface area contributed by atoms with Crippen LogP contribution in [0.3, 0.4) is 0 Å². The molecule has 1 saturated heterocycles. The zero-order valence-electron chi connectivity index (χ0n) is 17.7. The van der Waals surface area contributed by atoms with Gasteiger partial charge in [-0.1, -0.05) is 0 Å². The van der Waals surface area contributed by atoms with Crippen molar-refractivity contribution >= 4 is 17.8 Å². The molecule has 1 aliphatic heterocycles. The highest BCUT2D eigenvalue weighted by Crippen LogP contribution is 2.29. The Morgan fingerprint density at radius 2 is 1.52 bits per heavy atom. The first-order chi connectivity index (χ1) is 16.0. The standard InChI is InChI=1S/C23H21N3O7/c1-2-30-13-11-23(20(27)25-22(29)26-21(23)28)33-18-9-7-17(8-10-18)32-16-5-3-15(4-6-16)19-24-12-14-31-19/h3-10,12,14H,2,11,13H2,1H3,(H2,25,26,27,28,29). The second kappa shape index (κ2) is 9.53. The van der Waals surface area contributed by atoms with Crippen LogP contribution in [0.5, 0.6) is 17.2 Å². The van der Waals surface area contributed by atoms with Crippen LogP contribution in [0.1, 0.15) is 13.3 Å². The lowest BCUT2D eigenvalue weighted by Gasteiger charge is -2.34. The van der Waals surface area contributed by atoms with Crippen LogP contribution < -0.4 is 20.1 Å². The summed E-state index contributed by atoms with van der Waals surface area (Å²) in [7, 11) is 0. The van der Waals surface area contributed by atoms with E-state index in [0.29, 0.717) is 24.0 Å². The first-order valence-electron chi connectivity index (χ1n) is 10.2. The van der Waals surface area contributed by atoms with E-state index < -0.39 is 23.4 Å². The van der Waals surface area contributed by atoms with E-state index in [4.69, 9.17) is 18.6 Å². The summed E-state index contributed by atoms with van der Waals surface area (Å²) in [4.78, 5) is 40.7. The van der Waals surface area contributed by atoms with Crippen LogP contribution in [0.2, 0.25) is 0 Å². The molecule has 0 unspecified atom stereocenters. The van der Waals surface area contributed by atoms with Crippen LogP contribution in [0.4, 0.5) is 4.79 Å². The van der Waals surface area contributed by atoms with Gasteiger partial charge in [0.2, 0.25) is 5.89 Å². The molecule has 10 nitrogen and oxygen atoms in total. The van der Waals surface area contributed by atoms with Crippen molar-refractivity contribution in [3.8, 4) is 28.7 Å². The number of carbonyl (C=O) groups excluding carboxylic acids is 3. The zero-order chi connectivity index (χ0) is 23.3. The highest BCUT2D eigenvalue weighted by Gasteiger charge is 2.52. The highest BCUT2D eigenvalue weighted by molar-refractivity contribution is 6.21. The van der Waals surface area contributed by atoms with Crippen molar-refractivity contribution in [1.29, 1.82) is 0 Å². The fourth-order valence-electron chi connectivity index (χ4n) is 3.22. The molecule has 0 bridgehead atoms. The van der Waals surface area contributed by atoms with Gasteiger partial charge in [0, 0.05) is 18.6 Å². The van der Waals surface area contributed by atoms with Crippen LogP contribution in [0.15, 0.2) is 65.4 Å². The normalized spacial score (nSPS) is 15.0. The summed E-state index contributed by atoms with van der Waals surface area (Å²) in [5, 5.41) is 4.16. The summed E-state index contributed by atoms with van der Waals surface area (Å²) in [5.74, 6) is 0.181. The summed E-state index contributed by atoms with van der Waals surface area (Å²) >= 11 is 0. The van der Waals surface area contributed by atoms with Crippen LogP contribution in [0, 0.1) is 0 Å². The number of nitrogens with zero attached hydrogens (tertiary/aromatic N) is 1. The topological polar surface area (TPSA) is 129 Å². The Bertz CT molecular complexity index is 1110. The first-order valence-corrected chi connectivity index (χ1v) is 10.2. The Labute approximate surface area is 188 Å². The van der Waals surface area contributed by atoms with E-state index >= 15 is 0 Å². The molecular formula is C23H21N3O7. The number of imide groups is 2. The molecule has 3 aromatic rings. The number of hydrogen-bond acceptors (Lipinski definition) is 8. The molecule has 4 amide bonds. The quantitative estimate of drug-likeness (QED) is 0.375. The van der Waals surface area contributed by atoms with Gasteiger partial charge < -0.3 is 18.6 Å². The number of urea groups is 1. The van der Waals surface area contributed by atoms with Crippen molar-refractivity contribution < 1.29 is 33.0 Å². The van der Waals surface area contributed by atoms with E-state index in [1.54, 1.807) is 49.5 Å². The summed E-state index contributed by atoms with van der Waals surface area (Å²) in [6.45, 7) is 2.29. The van der Waals surface area contributed by atoms with E-state index in [1.165, 1.54) is 6.26 Å². The molecule has 2 heterocycles. The summed E-state index contributed by atoms with van der Waals surface area (Å²) in [6, 6.07) is 12.7. The molecule has 0 atom stereocenters. The summed E-state index contributed by atoms with van der Waals surface area (Å²) in [5.41, 5.74) is -1.11. The lowest BCUT2D eigenvalue weighted by atomic mass is 9.95. The maximum absolute atomic E-state index is 12.5. The van der Waals surface area contributed by atoms with Crippen LogP contribution in [-0.4, -0.2) is 41.6 Å². The number of barbiturate groups is 1. The van der Waals surface area contributed by atoms with Crippen molar-refractivity contribution in [1.82, 2.24) is 15.6 Å². The Kier molecular flexibility index (Phi) is 6.36. The lowest BCUT2D eigenvalue weighted by molar-refractivity contribution is -0.153. The number of ether oxygens (including phenoxy) is 3. The predicted molar refractivity (Wildman–Crippen MR) is 115 cm³/mol. The minimum Gasteiger partial charge on any atom is -0.467 e. The molecule has 2 N–H and O–H groups in total. The predicted octanol–water partition coefficient (Wildman–Crippen LogP) is 3.04. The maximum Gasteiger partial charge on any atom is 0.328 e. The van der Waals surface area contributed by atoms with Gasteiger partial charge in [-0.3, -0.25) is 20.2 Å². The van der Waals surface area contributed by atoms with Crippen molar-refractivity contribution in [2.24, 2.45) is 0 Å². The van der Waals surface area contributed by atoms with Crippen LogP contribution >= 0.6 is 0 Å². The van der Waals surface area contributed by atoms with Gasteiger partial charge in [-0.25, -0.2) is 9.78 Å². The van der Waals surface area contributed by atoms with E-state index in [2.05, 4.69) is 15.6 Å². The smallest absolute Gasteiger partial charge is 0.328 e. The van der Waals surface area contributed by atoms with Gasteiger partial charge in [0.1, 0.15) is 23.5 Å². The number of nitrogens with one attached hydrogen (secondary N) is 2. The third-order valence-corrected chi connectivity index (χ3v) is 4.88. The van der Waals surface area contributed by atoms with Gasteiger partial charge >= 0.3 is 6.03 Å². The first kappa shape index (κ1) is 22.0. The van der Waals surface area contributed by atoms with Gasteiger partial charge in [-0.2, -0.15) is 0 Å². The second-order valence-electron chi connectivity index (χ2n) is 7.05. The Hall–Kier alpha value is -4.18. The molecule has 1 aliphatic rings. The summed E-state index contributed by atoms with van der Waals surface area (Å²) in [6.07, 6.45) is 3.01. The van der Waals surface area contributed by atoms with Gasteiger partial charge in [0.25, 0.3) is 17.4 Å². The van der Waals surface area contributed by atoms with Gasteiger partial charge in [-0.05, 0) is 55.5 Å². The number of carbonyl (C=O) groups is 3.